The first kappa shape index (κ1) is 42.0. The Hall–Kier alpha value is -5.68. The van der Waals surface area contributed by atoms with Crippen LogP contribution in [0.25, 0.3) is 21.5 Å². The number of amides is 1. The van der Waals surface area contributed by atoms with Gasteiger partial charge in [-0.05, 0) is 101 Å². The summed E-state index contributed by atoms with van der Waals surface area (Å²) >= 11 is 0. The molecule has 0 unspecified atom stereocenters. The highest BCUT2D eigenvalue weighted by atomic mass is 16.7. The highest BCUT2D eigenvalue weighted by Gasteiger charge is 2.65. The van der Waals surface area contributed by atoms with Crippen molar-refractivity contribution in [3.63, 3.8) is 0 Å². The molecule has 0 saturated heterocycles. The molecular formula is C51H56N2O8. The van der Waals surface area contributed by atoms with Crippen molar-refractivity contribution in [3.8, 4) is 17.2 Å². The van der Waals surface area contributed by atoms with E-state index >= 15 is 0 Å². The van der Waals surface area contributed by atoms with Crippen LogP contribution >= 0.6 is 0 Å². The quantitative estimate of drug-likeness (QED) is 0.0541. The number of aliphatic hydroxyl groups excluding tert-OH is 2. The van der Waals surface area contributed by atoms with Crippen LogP contribution in [0.15, 0.2) is 133 Å². The average Bonchev–Trinajstić information content (AvgIpc) is 3.29. The van der Waals surface area contributed by atoms with Crippen LogP contribution < -0.4 is 9.47 Å². The van der Waals surface area contributed by atoms with Gasteiger partial charge in [-0.2, -0.15) is 0 Å². The number of hydrogen-bond donors (Lipinski definition) is 2. The minimum Gasteiger partial charge on any atom is -0.459 e. The number of nitrogens with zero attached hydrogens (tertiary/aromatic N) is 2. The van der Waals surface area contributed by atoms with Gasteiger partial charge < -0.3 is 34.0 Å². The molecule has 5 aromatic carbocycles. The van der Waals surface area contributed by atoms with Crippen LogP contribution in [-0.4, -0.2) is 72.8 Å². The van der Waals surface area contributed by atoms with Gasteiger partial charge in [0, 0.05) is 31.1 Å². The predicted octanol–water partition coefficient (Wildman–Crippen LogP) is 10.3. The van der Waals surface area contributed by atoms with Crippen molar-refractivity contribution in [2.24, 2.45) is 22.9 Å². The highest BCUT2D eigenvalue weighted by Crippen LogP contribution is 2.62. The normalized spacial score (nSPS) is 23.4. The molecule has 5 aromatic rings. The Labute approximate surface area is 358 Å². The van der Waals surface area contributed by atoms with E-state index in [0.717, 1.165) is 69.7 Å². The Morgan fingerprint density at radius 3 is 2.36 bits per heavy atom. The van der Waals surface area contributed by atoms with E-state index in [1.165, 1.54) is 7.11 Å². The zero-order chi connectivity index (χ0) is 42.3. The van der Waals surface area contributed by atoms with Crippen molar-refractivity contribution in [1.29, 1.82) is 0 Å². The van der Waals surface area contributed by atoms with E-state index in [9.17, 15) is 15.0 Å². The molecule has 1 amide bonds. The first-order valence-electron chi connectivity index (χ1n) is 21.5. The Morgan fingerprint density at radius 2 is 1.59 bits per heavy atom. The zero-order valence-corrected chi connectivity index (χ0v) is 35.1. The second kappa shape index (κ2) is 18.9. The fraction of sp³-hybridized carbons (Fsp3) is 0.373. The van der Waals surface area contributed by atoms with Crippen LogP contribution in [0.5, 0.6) is 17.2 Å². The smallest absolute Gasteiger partial charge is 0.410 e. The van der Waals surface area contributed by atoms with Crippen LogP contribution in [0.4, 0.5) is 4.79 Å². The number of unbranched alkanes of at least 4 members (excludes halogenated alkanes) is 2. The van der Waals surface area contributed by atoms with Crippen molar-refractivity contribution in [1.82, 2.24) is 4.90 Å². The van der Waals surface area contributed by atoms with Gasteiger partial charge in [0.15, 0.2) is 0 Å². The number of carbonyl (C=O) groups is 1. The summed E-state index contributed by atoms with van der Waals surface area (Å²) in [5, 5.41) is 28.9. The molecule has 61 heavy (non-hydrogen) atoms. The monoisotopic (exact) mass is 824 g/mol. The summed E-state index contributed by atoms with van der Waals surface area (Å²) in [6.45, 7) is 4.63. The molecule has 3 aliphatic rings. The fourth-order valence-corrected chi connectivity index (χ4v) is 10.2. The van der Waals surface area contributed by atoms with E-state index in [4.69, 9.17) is 28.9 Å². The molecule has 0 spiro atoms. The lowest BCUT2D eigenvalue weighted by atomic mass is 9.55. The number of ether oxygens (including phenoxy) is 4. The molecule has 8 rings (SSSR count). The molecule has 2 N–H and O–H groups in total. The van der Waals surface area contributed by atoms with Gasteiger partial charge in [0.05, 0.1) is 31.9 Å². The maximum atomic E-state index is 14.4. The maximum Gasteiger partial charge on any atom is 0.410 e. The van der Waals surface area contributed by atoms with E-state index < -0.39 is 23.8 Å². The van der Waals surface area contributed by atoms with E-state index in [2.05, 4.69) is 55.1 Å². The Balaban J connectivity index is 1.32. The summed E-state index contributed by atoms with van der Waals surface area (Å²) in [5.41, 5.74) is 3.60. The van der Waals surface area contributed by atoms with Gasteiger partial charge in [-0.3, -0.25) is 4.90 Å². The molecule has 10 heteroatoms. The van der Waals surface area contributed by atoms with Gasteiger partial charge >= 0.3 is 6.09 Å². The Morgan fingerprint density at radius 1 is 0.869 bits per heavy atom. The number of oxime groups is 1. The Bertz CT molecular complexity index is 2410. The fourth-order valence-electron chi connectivity index (χ4n) is 10.2. The number of allylic oxidation sites excluding steroid dienone is 1. The van der Waals surface area contributed by atoms with Crippen LogP contribution in [0.3, 0.4) is 0 Å². The molecular weight excluding hydrogens is 769 g/mol. The highest BCUT2D eigenvalue weighted by molar-refractivity contribution is 6.03. The number of aliphatic hydroxyl groups is 2. The third-order valence-corrected chi connectivity index (χ3v) is 12.8. The summed E-state index contributed by atoms with van der Waals surface area (Å²) < 4.78 is 26.7. The first-order valence-corrected chi connectivity index (χ1v) is 21.5. The molecule has 1 fully saturated rings. The maximum absolute atomic E-state index is 14.4. The largest absolute Gasteiger partial charge is 0.459 e. The van der Waals surface area contributed by atoms with Crippen LogP contribution in [0.1, 0.15) is 62.0 Å². The average molecular weight is 825 g/mol. The number of rotatable bonds is 17. The molecule has 1 heterocycles. The SMILES string of the molecule is C=CCO[C@@]12Oc3ccc(Oc4ccc5ccccc5c4)cc3[C@H]3[C@H](CCCCO)[C@@H](CCCCO)C=C(C(=NOC)C[C@@H]1N(Cc1cccc4ccccc14)C(=O)OC)[C@H]32. The van der Waals surface area contributed by atoms with Gasteiger partial charge in [-0.25, -0.2) is 4.79 Å². The number of fused-ring (bicyclic) bond motifs is 4. The zero-order valence-electron chi connectivity index (χ0n) is 35.1. The molecule has 10 nitrogen and oxygen atoms in total. The van der Waals surface area contributed by atoms with Crippen LogP contribution in [0.2, 0.25) is 0 Å². The van der Waals surface area contributed by atoms with Gasteiger partial charge in [0.2, 0.25) is 5.79 Å². The standard InChI is InChI=1S/C51H56N2O8/c1-4-28-59-51-47(53(50(56)57-2)33-38-19-13-18-35-15-7-8-20-41(35)38)32-45(52-58-3)43-30-37(17-9-11-26-54)42(21-10-12-27-55)48(49(43)51)44-31-40(24-25-46(44)61-51)60-39-23-22-34-14-5-6-16-36(34)29-39/h4-8,13-16,18-20,22-25,29-31,37,42,47-49,54-55H,1,9-12,17,21,26-28,32-33H2,2-3H3/t37-,42+,47-,48+,49+,51+/m0/s1. The van der Waals surface area contributed by atoms with Crippen molar-refractivity contribution < 1.29 is 38.8 Å². The number of carbonyl (C=O) groups excluding carboxylic acids is 1. The minimum absolute atomic E-state index is 0.0662. The predicted molar refractivity (Wildman–Crippen MR) is 238 cm³/mol. The summed E-state index contributed by atoms with van der Waals surface area (Å²) in [6, 6.07) is 33.8. The molecule has 6 atom stereocenters. The second-order valence-electron chi connectivity index (χ2n) is 16.3. The third-order valence-electron chi connectivity index (χ3n) is 12.8. The summed E-state index contributed by atoms with van der Waals surface area (Å²) in [5.74, 6) is 0.117. The Kier molecular flexibility index (Phi) is 13.0. The van der Waals surface area contributed by atoms with Crippen LogP contribution in [-0.2, 0) is 20.9 Å². The molecule has 0 bridgehead atoms. The van der Waals surface area contributed by atoms with E-state index in [1.807, 2.05) is 60.7 Å². The first-order chi connectivity index (χ1) is 29.9. The van der Waals surface area contributed by atoms with Crippen LogP contribution in [0, 0.1) is 17.8 Å². The lowest BCUT2D eigenvalue weighted by Gasteiger charge is -2.59. The number of benzene rings is 5. The van der Waals surface area contributed by atoms with E-state index in [1.54, 1.807) is 18.1 Å². The van der Waals surface area contributed by atoms with Crippen molar-refractivity contribution in [2.45, 2.75) is 69.2 Å². The van der Waals surface area contributed by atoms with Gasteiger partial charge in [-0.1, -0.05) is 103 Å². The van der Waals surface area contributed by atoms with Crippen molar-refractivity contribution in [2.75, 3.05) is 34.0 Å². The van der Waals surface area contributed by atoms with Crippen molar-refractivity contribution in [3.05, 3.63) is 139 Å². The molecule has 1 aliphatic heterocycles. The topological polar surface area (TPSA) is 119 Å². The van der Waals surface area contributed by atoms with Gasteiger partial charge in [-0.15, -0.1) is 6.58 Å². The van der Waals surface area contributed by atoms with E-state index in [-0.39, 0.29) is 50.5 Å². The van der Waals surface area contributed by atoms with E-state index in [0.29, 0.717) is 30.1 Å². The minimum atomic E-state index is -1.42. The molecule has 318 valence electrons. The molecule has 1 saturated carbocycles. The summed E-state index contributed by atoms with van der Waals surface area (Å²) in [6.07, 6.45) is 8.46. The number of hydrogen-bond acceptors (Lipinski definition) is 9. The third kappa shape index (κ3) is 8.37. The van der Waals surface area contributed by atoms with Crippen molar-refractivity contribution >= 4 is 33.3 Å². The summed E-state index contributed by atoms with van der Waals surface area (Å²) in [4.78, 5) is 21.7. The van der Waals surface area contributed by atoms with Gasteiger partial charge in [0.1, 0.15) is 30.4 Å². The molecule has 0 radical (unpaired) electrons. The molecule has 2 aliphatic carbocycles. The van der Waals surface area contributed by atoms with Gasteiger partial charge in [0.25, 0.3) is 0 Å². The summed E-state index contributed by atoms with van der Waals surface area (Å²) in [7, 11) is 2.95. The molecule has 0 aromatic heterocycles. The lowest BCUT2D eigenvalue weighted by Crippen LogP contribution is -2.70. The number of methoxy groups -OCH3 is 1. The second-order valence-corrected chi connectivity index (χ2v) is 16.3. The lowest BCUT2D eigenvalue weighted by molar-refractivity contribution is -0.256.